The van der Waals surface area contributed by atoms with Gasteiger partial charge in [0.25, 0.3) is 0 Å². The first-order chi connectivity index (χ1) is 8.36. The van der Waals surface area contributed by atoms with Gasteiger partial charge in [0.05, 0.1) is 0 Å². The van der Waals surface area contributed by atoms with Crippen LogP contribution in [0.25, 0.3) is 0 Å². The van der Waals surface area contributed by atoms with E-state index in [2.05, 4.69) is 57.0 Å². The van der Waals surface area contributed by atoms with Crippen LogP contribution in [0.3, 0.4) is 0 Å². The van der Waals surface area contributed by atoms with Gasteiger partial charge in [0, 0.05) is 21.8 Å². The number of rotatable bonds is 1. The van der Waals surface area contributed by atoms with E-state index in [0.717, 1.165) is 19.5 Å². The normalized spacial score (nSPS) is 18.6. The Hall–Kier alpha value is -0.160. The molecule has 18 heavy (non-hydrogen) atoms. The Kier molecular flexibility index (Phi) is 5.01. The average molecular weight is 389 g/mol. The van der Waals surface area contributed by atoms with E-state index in [0.29, 0.717) is 5.92 Å². The van der Waals surface area contributed by atoms with Gasteiger partial charge in [-0.2, -0.15) is 0 Å². The third-order valence-corrected chi connectivity index (χ3v) is 5.05. The number of thiophene rings is 1. The largest absolute Gasteiger partial charge is 0.315 e. The van der Waals surface area contributed by atoms with E-state index in [1.807, 2.05) is 11.3 Å². The monoisotopic (exact) mass is 387 g/mol. The van der Waals surface area contributed by atoms with E-state index in [1.54, 1.807) is 0 Å². The molecule has 0 spiro atoms. The first-order valence-electron chi connectivity index (χ1n) is 5.87. The second kappa shape index (κ2) is 6.33. The standard InChI is InChI=1S/C14H14BrNS.BrH/c15-13-4-1-3-10-11(13)6-7-16-9-12(10)14-5-2-8-17-14;/h1-5,8,12,16H,6-7,9H2;1H. The van der Waals surface area contributed by atoms with Gasteiger partial charge in [0.1, 0.15) is 0 Å². The molecule has 0 saturated heterocycles. The Morgan fingerprint density at radius 2 is 2.11 bits per heavy atom. The second-order valence-corrected chi connectivity index (χ2v) is 6.16. The van der Waals surface area contributed by atoms with Gasteiger partial charge in [-0.3, -0.25) is 0 Å². The summed E-state index contributed by atoms with van der Waals surface area (Å²) in [7, 11) is 0. The Morgan fingerprint density at radius 3 is 2.89 bits per heavy atom. The second-order valence-electron chi connectivity index (χ2n) is 4.33. The number of fused-ring (bicyclic) bond motifs is 1. The summed E-state index contributed by atoms with van der Waals surface area (Å²) < 4.78 is 1.25. The molecule has 1 N–H and O–H groups in total. The highest BCUT2D eigenvalue weighted by Crippen LogP contribution is 2.34. The predicted octanol–water partition coefficient (Wildman–Crippen LogP) is 4.37. The zero-order chi connectivity index (χ0) is 11.7. The molecule has 1 atom stereocenters. The highest BCUT2D eigenvalue weighted by Gasteiger charge is 2.21. The van der Waals surface area contributed by atoms with E-state index < -0.39 is 0 Å². The van der Waals surface area contributed by atoms with Crippen LogP contribution in [0, 0.1) is 0 Å². The summed E-state index contributed by atoms with van der Waals surface area (Å²) in [5, 5.41) is 5.71. The van der Waals surface area contributed by atoms with Crippen molar-refractivity contribution in [3.8, 4) is 0 Å². The minimum atomic E-state index is 0. The fraction of sp³-hybridized carbons (Fsp3) is 0.286. The maximum Gasteiger partial charge on any atom is 0.0311 e. The van der Waals surface area contributed by atoms with E-state index in [1.165, 1.54) is 20.5 Å². The van der Waals surface area contributed by atoms with Crippen molar-refractivity contribution in [2.75, 3.05) is 13.1 Å². The molecule has 0 radical (unpaired) electrons. The van der Waals surface area contributed by atoms with Crippen molar-refractivity contribution in [1.82, 2.24) is 5.32 Å². The van der Waals surface area contributed by atoms with Crippen molar-refractivity contribution in [3.63, 3.8) is 0 Å². The molecule has 96 valence electrons. The summed E-state index contributed by atoms with van der Waals surface area (Å²) in [4.78, 5) is 1.46. The highest BCUT2D eigenvalue weighted by molar-refractivity contribution is 9.10. The SMILES string of the molecule is Br.Brc1cccc2c1CCNCC2c1cccs1. The third-order valence-electron chi connectivity index (χ3n) is 3.32. The van der Waals surface area contributed by atoms with Gasteiger partial charge >= 0.3 is 0 Å². The Morgan fingerprint density at radius 1 is 1.22 bits per heavy atom. The molecule has 2 aromatic rings. The molecule has 1 aliphatic rings. The van der Waals surface area contributed by atoms with Crippen LogP contribution in [0.1, 0.15) is 21.9 Å². The van der Waals surface area contributed by atoms with Crippen molar-refractivity contribution in [2.45, 2.75) is 12.3 Å². The van der Waals surface area contributed by atoms with Crippen LogP contribution in [0.15, 0.2) is 40.2 Å². The maximum absolute atomic E-state index is 3.68. The Balaban J connectivity index is 0.00000120. The summed E-state index contributed by atoms with van der Waals surface area (Å²) in [6.07, 6.45) is 1.11. The van der Waals surface area contributed by atoms with E-state index in [9.17, 15) is 0 Å². The van der Waals surface area contributed by atoms with Gasteiger partial charge in [-0.25, -0.2) is 0 Å². The van der Waals surface area contributed by atoms with Crippen LogP contribution < -0.4 is 5.32 Å². The van der Waals surface area contributed by atoms with Crippen molar-refractivity contribution < 1.29 is 0 Å². The van der Waals surface area contributed by atoms with Crippen LogP contribution in [0.5, 0.6) is 0 Å². The molecule has 1 unspecified atom stereocenters. The number of halogens is 2. The molecule has 0 fully saturated rings. The lowest BCUT2D eigenvalue weighted by atomic mass is 9.93. The topological polar surface area (TPSA) is 12.0 Å². The lowest BCUT2D eigenvalue weighted by Gasteiger charge is -2.16. The van der Waals surface area contributed by atoms with E-state index in [-0.39, 0.29) is 17.0 Å². The summed E-state index contributed by atoms with van der Waals surface area (Å²) in [6.45, 7) is 2.11. The van der Waals surface area contributed by atoms with Crippen molar-refractivity contribution in [2.24, 2.45) is 0 Å². The molecule has 1 aromatic carbocycles. The Bertz CT molecular complexity index is 511. The van der Waals surface area contributed by atoms with Crippen LogP contribution in [0.2, 0.25) is 0 Å². The van der Waals surface area contributed by atoms with Gasteiger partial charge < -0.3 is 5.32 Å². The number of hydrogen-bond acceptors (Lipinski definition) is 2. The number of hydrogen-bond donors (Lipinski definition) is 1. The molecule has 4 heteroatoms. The Labute approximate surface area is 131 Å². The fourth-order valence-electron chi connectivity index (χ4n) is 2.48. The maximum atomic E-state index is 3.68. The molecule has 0 amide bonds. The minimum Gasteiger partial charge on any atom is -0.315 e. The first kappa shape index (κ1) is 14.3. The molecule has 1 aromatic heterocycles. The van der Waals surface area contributed by atoms with Gasteiger partial charge in [0.2, 0.25) is 0 Å². The van der Waals surface area contributed by atoms with Gasteiger partial charge in [-0.05, 0) is 41.6 Å². The molecule has 1 nitrogen and oxygen atoms in total. The molecule has 3 rings (SSSR count). The number of nitrogens with one attached hydrogen (secondary N) is 1. The number of benzene rings is 1. The lowest BCUT2D eigenvalue weighted by Crippen LogP contribution is -2.20. The van der Waals surface area contributed by atoms with Crippen LogP contribution >= 0.6 is 44.2 Å². The van der Waals surface area contributed by atoms with Crippen molar-refractivity contribution in [1.29, 1.82) is 0 Å². The van der Waals surface area contributed by atoms with Gasteiger partial charge in [-0.15, -0.1) is 28.3 Å². The minimum absolute atomic E-state index is 0. The van der Waals surface area contributed by atoms with Crippen molar-refractivity contribution in [3.05, 3.63) is 56.2 Å². The van der Waals surface area contributed by atoms with Crippen LogP contribution in [-0.4, -0.2) is 13.1 Å². The fourth-order valence-corrected chi connectivity index (χ4v) is 3.90. The first-order valence-corrected chi connectivity index (χ1v) is 7.55. The molecular formula is C14H15Br2NS. The summed E-state index contributed by atoms with van der Waals surface area (Å²) >= 11 is 5.54. The molecule has 2 heterocycles. The summed E-state index contributed by atoms with van der Waals surface area (Å²) in [6, 6.07) is 11.0. The van der Waals surface area contributed by atoms with E-state index in [4.69, 9.17) is 0 Å². The zero-order valence-corrected chi connectivity index (χ0v) is 14.0. The molecule has 0 saturated carbocycles. The third kappa shape index (κ3) is 2.72. The van der Waals surface area contributed by atoms with Crippen LogP contribution in [-0.2, 0) is 6.42 Å². The van der Waals surface area contributed by atoms with E-state index >= 15 is 0 Å². The smallest absolute Gasteiger partial charge is 0.0311 e. The zero-order valence-electron chi connectivity index (χ0n) is 9.86. The van der Waals surface area contributed by atoms with Gasteiger partial charge in [0.15, 0.2) is 0 Å². The quantitative estimate of drug-likeness (QED) is 0.764. The highest BCUT2D eigenvalue weighted by atomic mass is 79.9. The predicted molar refractivity (Wildman–Crippen MR) is 87.2 cm³/mol. The van der Waals surface area contributed by atoms with Crippen molar-refractivity contribution >= 4 is 44.2 Å². The van der Waals surface area contributed by atoms with Crippen LogP contribution in [0.4, 0.5) is 0 Å². The average Bonchev–Trinajstić information content (AvgIpc) is 2.77. The molecule has 0 aliphatic carbocycles. The van der Waals surface area contributed by atoms with Gasteiger partial charge in [-0.1, -0.05) is 34.1 Å². The lowest BCUT2D eigenvalue weighted by molar-refractivity contribution is 0.670. The molecule has 0 bridgehead atoms. The molecule has 1 aliphatic heterocycles. The molecular weight excluding hydrogens is 374 g/mol. The summed E-state index contributed by atoms with van der Waals surface area (Å²) in [5.41, 5.74) is 2.95. The summed E-state index contributed by atoms with van der Waals surface area (Å²) in [5.74, 6) is 0.505.